The van der Waals surface area contributed by atoms with Crippen molar-refractivity contribution in [3.8, 4) is 0 Å². The van der Waals surface area contributed by atoms with E-state index >= 15 is 0 Å². The third-order valence-corrected chi connectivity index (χ3v) is 3.76. The number of benzene rings is 1. The summed E-state index contributed by atoms with van der Waals surface area (Å²) in [6.07, 6.45) is 5.00. The Morgan fingerprint density at radius 2 is 2.11 bits per heavy atom. The summed E-state index contributed by atoms with van der Waals surface area (Å²) < 4.78 is 15.5. The fourth-order valence-corrected chi connectivity index (χ4v) is 2.51. The molecular weight excluding hydrogens is 229 g/mol. The molecule has 2 saturated carbocycles. The summed E-state index contributed by atoms with van der Waals surface area (Å²) in [6.45, 7) is 0.803. The SMILES string of the molecule is Fc1ccc2c(c1)nc(CNC1CC1)n2C1CC1. The van der Waals surface area contributed by atoms with E-state index in [1.54, 1.807) is 0 Å². The lowest BCUT2D eigenvalue weighted by Crippen LogP contribution is -2.18. The van der Waals surface area contributed by atoms with Crippen molar-refractivity contribution in [3.63, 3.8) is 0 Å². The maximum Gasteiger partial charge on any atom is 0.125 e. The van der Waals surface area contributed by atoms with E-state index in [4.69, 9.17) is 0 Å². The quantitative estimate of drug-likeness (QED) is 0.897. The van der Waals surface area contributed by atoms with Gasteiger partial charge in [0.1, 0.15) is 11.6 Å². The molecule has 18 heavy (non-hydrogen) atoms. The molecule has 2 aromatic rings. The van der Waals surface area contributed by atoms with Gasteiger partial charge in [0.05, 0.1) is 17.6 Å². The molecule has 1 N–H and O–H groups in total. The normalized spacial score (nSPS) is 19.6. The summed E-state index contributed by atoms with van der Waals surface area (Å²) in [6, 6.07) is 6.18. The molecule has 4 heteroatoms. The molecule has 0 spiro atoms. The molecule has 2 fully saturated rings. The number of hydrogen-bond acceptors (Lipinski definition) is 2. The number of fused-ring (bicyclic) bond motifs is 1. The minimum atomic E-state index is -0.204. The molecule has 2 aliphatic rings. The van der Waals surface area contributed by atoms with Crippen molar-refractivity contribution in [1.29, 1.82) is 0 Å². The molecule has 1 aromatic heterocycles. The Balaban J connectivity index is 1.75. The van der Waals surface area contributed by atoms with Gasteiger partial charge in [-0.25, -0.2) is 9.37 Å². The first-order chi connectivity index (χ1) is 8.81. The van der Waals surface area contributed by atoms with Gasteiger partial charge in [0.25, 0.3) is 0 Å². The fourth-order valence-electron chi connectivity index (χ4n) is 2.51. The summed E-state index contributed by atoms with van der Waals surface area (Å²) in [7, 11) is 0. The van der Waals surface area contributed by atoms with Gasteiger partial charge in [0.2, 0.25) is 0 Å². The predicted molar refractivity (Wildman–Crippen MR) is 67.8 cm³/mol. The first-order valence-electron chi connectivity index (χ1n) is 6.71. The van der Waals surface area contributed by atoms with Crippen LogP contribution in [0.1, 0.15) is 37.5 Å². The summed E-state index contributed by atoms with van der Waals surface area (Å²) in [4.78, 5) is 4.59. The second-order valence-electron chi connectivity index (χ2n) is 5.42. The summed E-state index contributed by atoms with van der Waals surface area (Å²) >= 11 is 0. The van der Waals surface area contributed by atoms with Crippen LogP contribution in [0.4, 0.5) is 4.39 Å². The van der Waals surface area contributed by atoms with Gasteiger partial charge in [-0.1, -0.05) is 0 Å². The zero-order chi connectivity index (χ0) is 12.1. The lowest BCUT2D eigenvalue weighted by molar-refractivity contribution is 0.611. The van der Waals surface area contributed by atoms with Crippen molar-refractivity contribution in [2.24, 2.45) is 0 Å². The lowest BCUT2D eigenvalue weighted by Gasteiger charge is -2.08. The number of aromatic nitrogens is 2. The highest BCUT2D eigenvalue weighted by Crippen LogP contribution is 2.38. The van der Waals surface area contributed by atoms with Crippen molar-refractivity contribution >= 4 is 11.0 Å². The van der Waals surface area contributed by atoms with Crippen LogP contribution in [0.25, 0.3) is 11.0 Å². The highest BCUT2D eigenvalue weighted by atomic mass is 19.1. The molecule has 0 amide bonds. The topological polar surface area (TPSA) is 29.9 Å². The van der Waals surface area contributed by atoms with Crippen LogP contribution in [0, 0.1) is 5.82 Å². The average molecular weight is 245 g/mol. The van der Waals surface area contributed by atoms with Crippen molar-refractivity contribution < 1.29 is 4.39 Å². The Morgan fingerprint density at radius 1 is 1.28 bits per heavy atom. The van der Waals surface area contributed by atoms with Gasteiger partial charge in [0.15, 0.2) is 0 Å². The van der Waals surface area contributed by atoms with Crippen molar-refractivity contribution in [2.75, 3.05) is 0 Å². The summed E-state index contributed by atoms with van der Waals surface area (Å²) in [5.41, 5.74) is 1.86. The van der Waals surface area contributed by atoms with Gasteiger partial charge in [-0.2, -0.15) is 0 Å². The van der Waals surface area contributed by atoms with Gasteiger partial charge in [-0.05, 0) is 37.8 Å². The van der Waals surface area contributed by atoms with E-state index < -0.39 is 0 Å². The Labute approximate surface area is 105 Å². The molecule has 2 aliphatic carbocycles. The monoisotopic (exact) mass is 245 g/mol. The number of hydrogen-bond donors (Lipinski definition) is 1. The van der Waals surface area contributed by atoms with Crippen LogP contribution in [-0.4, -0.2) is 15.6 Å². The van der Waals surface area contributed by atoms with Gasteiger partial charge in [-0.15, -0.1) is 0 Å². The molecule has 0 radical (unpaired) electrons. The van der Waals surface area contributed by atoms with E-state index in [0.717, 1.165) is 23.4 Å². The van der Waals surface area contributed by atoms with Crippen LogP contribution in [0.15, 0.2) is 18.2 Å². The average Bonchev–Trinajstić information content (AvgIpc) is 3.24. The van der Waals surface area contributed by atoms with Crippen LogP contribution >= 0.6 is 0 Å². The van der Waals surface area contributed by atoms with Crippen molar-refractivity contribution in [1.82, 2.24) is 14.9 Å². The highest BCUT2D eigenvalue weighted by Gasteiger charge is 2.29. The van der Waals surface area contributed by atoms with Crippen LogP contribution < -0.4 is 5.32 Å². The van der Waals surface area contributed by atoms with E-state index in [1.807, 2.05) is 6.07 Å². The number of halogens is 1. The van der Waals surface area contributed by atoms with Crippen LogP contribution in [0.3, 0.4) is 0 Å². The first kappa shape index (κ1) is 10.5. The van der Waals surface area contributed by atoms with Crippen molar-refractivity contribution in [2.45, 2.75) is 44.3 Å². The standard InChI is InChI=1S/C14H16FN3/c15-9-1-6-13-12(7-9)17-14(8-16-10-2-3-10)18(13)11-4-5-11/h1,6-7,10-11,16H,2-5,8H2. The minimum absolute atomic E-state index is 0.204. The second-order valence-corrected chi connectivity index (χ2v) is 5.42. The molecular formula is C14H16FN3. The van der Waals surface area contributed by atoms with Crippen LogP contribution in [0.5, 0.6) is 0 Å². The summed E-state index contributed by atoms with van der Waals surface area (Å²) in [5.74, 6) is 0.856. The summed E-state index contributed by atoms with van der Waals surface area (Å²) in [5, 5.41) is 3.49. The molecule has 1 aromatic carbocycles. The number of nitrogens with zero attached hydrogens (tertiary/aromatic N) is 2. The molecule has 94 valence electrons. The largest absolute Gasteiger partial charge is 0.324 e. The first-order valence-corrected chi connectivity index (χ1v) is 6.71. The van der Waals surface area contributed by atoms with Crippen LogP contribution in [-0.2, 0) is 6.54 Å². The molecule has 0 bridgehead atoms. The highest BCUT2D eigenvalue weighted by molar-refractivity contribution is 5.76. The van der Waals surface area contributed by atoms with Gasteiger partial charge in [0, 0.05) is 18.2 Å². The zero-order valence-corrected chi connectivity index (χ0v) is 10.2. The Bertz CT molecular complexity index is 596. The molecule has 0 aliphatic heterocycles. The van der Waals surface area contributed by atoms with E-state index in [9.17, 15) is 4.39 Å². The second kappa shape index (κ2) is 3.79. The van der Waals surface area contributed by atoms with E-state index in [-0.39, 0.29) is 5.82 Å². The third kappa shape index (κ3) is 1.81. The van der Waals surface area contributed by atoms with Gasteiger partial charge >= 0.3 is 0 Å². The number of imidazole rings is 1. The maximum absolute atomic E-state index is 13.3. The minimum Gasteiger partial charge on any atom is -0.324 e. The molecule has 1 heterocycles. The molecule has 3 nitrogen and oxygen atoms in total. The molecule has 0 unspecified atom stereocenters. The molecule has 0 saturated heterocycles. The van der Waals surface area contributed by atoms with Gasteiger partial charge in [-0.3, -0.25) is 0 Å². The Hall–Kier alpha value is -1.42. The predicted octanol–water partition coefficient (Wildman–Crippen LogP) is 2.76. The maximum atomic E-state index is 13.3. The van der Waals surface area contributed by atoms with Gasteiger partial charge < -0.3 is 9.88 Å². The molecule has 4 rings (SSSR count). The Morgan fingerprint density at radius 3 is 2.83 bits per heavy atom. The zero-order valence-electron chi connectivity index (χ0n) is 10.2. The Kier molecular flexibility index (Phi) is 2.21. The number of rotatable bonds is 4. The van der Waals surface area contributed by atoms with E-state index in [1.165, 1.54) is 37.8 Å². The van der Waals surface area contributed by atoms with E-state index in [0.29, 0.717) is 12.1 Å². The van der Waals surface area contributed by atoms with Crippen LogP contribution in [0.2, 0.25) is 0 Å². The smallest absolute Gasteiger partial charge is 0.125 e. The lowest BCUT2D eigenvalue weighted by atomic mass is 10.3. The third-order valence-electron chi connectivity index (χ3n) is 3.76. The molecule has 0 atom stereocenters. The van der Waals surface area contributed by atoms with Crippen molar-refractivity contribution in [3.05, 3.63) is 29.8 Å². The fraction of sp³-hybridized carbons (Fsp3) is 0.500. The number of nitrogens with one attached hydrogen (secondary N) is 1. The van der Waals surface area contributed by atoms with E-state index in [2.05, 4.69) is 14.9 Å².